The Labute approximate surface area is 117 Å². The van der Waals surface area contributed by atoms with Crippen LogP contribution in [0.25, 0.3) is 0 Å². The Morgan fingerprint density at radius 3 is 3.00 bits per heavy atom. The lowest BCUT2D eigenvalue weighted by atomic mass is 10.1. The van der Waals surface area contributed by atoms with Crippen molar-refractivity contribution >= 4 is 17.2 Å². The number of hydrogen-bond donors (Lipinski definition) is 2. The van der Waals surface area contributed by atoms with Crippen LogP contribution in [-0.4, -0.2) is 36.1 Å². The fourth-order valence-electron chi connectivity index (χ4n) is 2.35. The monoisotopic (exact) mass is 283 g/mol. The number of hydrazine groups is 1. The number of thiophene rings is 1. The largest absolute Gasteiger partial charge is 0.373 e. The number of ether oxygens (including phenoxy) is 1. The molecule has 0 saturated carbocycles. The average molecular weight is 283 g/mol. The molecular formula is C13H21N3O2S. The minimum absolute atomic E-state index is 0.0976. The Hall–Kier alpha value is -0.950. The van der Waals surface area contributed by atoms with Gasteiger partial charge in [-0.2, -0.15) is 0 Å². The minimum atomic E-state index is -0.221. The maximum atomic E-state index is 11.5. The number of nitrogen functional groups attached to an aromatic ring is 1. The van der Waals surface area contributed by atoms with Crippen molar-refractivity contribution < 1.29 is 9.53 Å². The lowest BCUT2D eigenvalue weighted by Gasteiger charge is -2.38. The summed E-state index contributed by atoms with van der Waals surface area (Å²) in [5.74, 6) is 4.94. The van der Waals surface area contributed by atoms with Crippen molar-refractivity contribution in [3.05, 3.63) is 21.4 Å². The fraction of sp³-hybridized carbons (Fsp3) is 0.615. The molecule has 2 heterocycles. The molecule has 5 nitrogen and oxygen atoms in total. The van der Waals surface area contributed by atoms with Crippen LogP contribution in [0.3, 0.4) is 0 Å². The molecule has 2 rings (SSSR count). The number of carbonyl (C=O) groups excluding carboxylic acids is 1. The molecular weight excluding hydrogens is 262 g/mol. The first kappa shape index (κ1) is 14.5. The molecule has 0 spiro atoms. The molecule has 0 atom stereocenters. The molecule has 1 saturated heterocycles. The first-order valence-electron chi connectivity index (χ1n) is 6.38. The second-order valence-corrected chi connectivity index (χ2v) is 6.74. The minimum Gasteiger partial charge on any atom is -0.373 e. The number of rotatable bonds is 3. The van der Waals surface area contributed by atoms with Crippen molar-refractivity contribution in [2.24, 2.45) is 5.84 Å². The topological polar surface area (TPSA) is 67.6 Å². The van der Waals surface area contributed by atoms with Gasteiger partial charge in [0.2, 0.25) is 0 Å². The highest BCUT2D eigenvalue weighted by Crippen LogP contribution is 2.25. The van der Waals surface area contributed by atoms with Gasteiger partial charge in [-0.1, -0.05) is 0 Å². The molecule has 3 N–H and O–H groups in total. The Morgan fingerprint density at radius 2 is 2.37 bits per heavy atom. The highest BCUT2D eigenvalue weighted by molar-refractivity contribution is 7.14. The summed E-state index contributed by atoms with van der Waals surface area (Å²) in [5, 5.41) is 0. The van der Waals surface area contributed by atoms with Gasteiger partial charge in [0, 0.05) is 24.5 Å². The Morgan fingerprint density at radius 1 is 1.63 bits per heavy atom. The average Bonchev–Trinajstić information content (AvgIpc) is 2.69. The van der Waals surface area contributed by atoms with Gasteiger partial charge in [0.1, 0.15) is 0 Å². The molecule has 1 aromatic rings. The summed E-state index contributed by atoms with van der Waals surface area (Å²) >= 11 is 1.49. The van der Waals surface area contributed by atoms with Crippen LogP contribution in [0.4, 0.5) is 0 Å². The second kappa shape index (κ2) is 5.58. The van der Waals surface area contributed by atoms with Gasteiger partial charge in [-0.3, -0.25) is 15.1 Å². The van der Waals surface area contributed by atoms with Crippen LogP contribution in [0, 0.1) is 6.92 Å². The van der Waals surface area contributed by atoms with Gasteiger partial charge in [0.15, 0.2) is 0 Å². The standard InChI is InChI=1S/C13H21N3O2S/c1-9-10(6-11(19-9)12(17)15-14)7-16-4-5-18-13(2,3)8-16/h6H,4-5,7-8,14H2,1-3H3,(H,15,17). The summed E-state index contributed by atoms with van der Waals surface area (Å²) in [6.07, 6.45) is 0. The summed E-state index contributed by atoms with van der Waals surface area (Å²) in [4.78, 5) is 15.7. The maximum Gasteiger partial charge on any atom is 0.275 e. The second-order valence-electron chi connectivity index (χ2n) is 5.48. The van der Waals surface area contributed by atoms with Crippen LogP contribution in [0.15, 0.2) is 6.07 Å². The number of amides is 1. The van der Waals surface area contributed by atoms with Crippen molar-refractivity contribution in [2.75, 3.05) is 19.7 Å². The van der Waals surface area contributed by atoms with E-state index in [1.54, 1.807) is 0 Å². The van der Waals surface area contributed by atoms with Crippen molar-refractivity contribution in [1.82, 2.24) is 10.3 Å². The van der Waals surface area contributed by atoms with Crippen molar-refractivity contribution in [3.8, 4) is 0 Å². The number of carbonyl (C=O) groups is 1. The van der Waals surface area contributed by atoms with Crippen LogP contribution in [0.1, 0.15) is 34.0 Å². The van der Waals surface area contributed by atoms with Crippen molar-refractivity contribution in [2.45, 2.75) is 32.9 Å². The van der Waals surface area contributed by atoms with Gasteiger partial charge >= 0.3 is 0 Å². The van der Waals surface area contributed by atoms with Crippen LogP contribution in [0.5, 0.6) is 0 Å². The zero-order chi connectivity index (χ0) is 14.0. The van der Waals surface area contributed by atoms with Crippen LogP contribution in [-0.2, 0) is 11.3 Å². The van der Waals surface area contributed by atoms with E-state index in [9.17, 15) is 4.79 Å². The van der Waals surface area contributed by atoms with E-state index < -0.39 is 0 Å². The Bertz CT molecular complexity index is 470. The number of aryl methyl sites for hydroxylation is 1. The molecule has 0 unspecified atom stereocenters. The molecule has 1 aliphatic rings. The van der Waals surface area contributed by atoms with Gasteiger partial charge in [0.05, 0.1) is 17.1 Å². The number of nitrogens with two attached hydrogens (primary N) is 1. The maximum absolute atomic E-state index is 11.5. The van der Waals surface area contributed by atoms with Gasteiger partial charge < -0.3 is 4.74 Å². The molecule has 1 fully saturated rings. The molecule has 1 aromatic heterocycles. The number of morpholine rings is 1. The smallest absolute Gasteiger partial charge is 0.275 e. The molecule has 6 heteroatoms. The molecule has 0 aromatic carbocycles. The van der Waals surface area contributed by atoms with Crippen LogP contribution < -0.4 is 11.3 Å². The molecule has 1 amide bonds. The van der Waals surface area contributed by atoms with E-state index in [0.29, 0.717) is 4.88 Å². The van der Waals surface area contributed by atoms with E-state index in [0.717, 1.165) is 26.2 Å². The quantitative estimate of drug-likeness (QED) is 0.498. The predicted octanol–water partition coefficient (Wildman–Crippen LogP) is 1.27. The fourth-order valence-corrected chi connectivity index (χ4v) is 3.29. The van der Waals surface area contributed by atoms with E-state index in [2.05, 4.69) is 24.2 Å². The lowest BCUT2D eigenvalue weighted by Crippen LogP contribution is -2.47. The predicted molar refractivity (Wildman–Crippen MR) is 76.0 cm³/mol. The number of hydrogen-bond acceptors (Lipinski definition) is 5. The molecule has 19 heavy (non-hydrogen) atoms. The van der Waals surface area contributed by atoms with E-state index >= 15 is 0 Å². The van der Waals surface area contributed by atoms with Crippen molar-refractivity contribution in [1.29, 1.82) is 0 Å². The molecule has 106 valence electrons. The van der Waals surface area contributed by atoms with Crippen molar-refractivity contribution in [3.63, 3.8) is 0 Å². The third-order valence-electron chi connectivity index (χ3n) is 3.27. The molecule has 0 radical (unpaired) electrons. The van der Waals surface area contributed by atoms with E-state index in [-0.39, 0.29) is 11.5 Å². The number of nitrogens with one attached hydrogen (secondary N) is 1. The summed E-state index contributed by atoms with van der Waals surface area (Å²) in [5.41, 5.74) is 3.27. The van der Waals surface area contributed by atoms with Gasteiger partial charge in [-0.15, -0.1) is 11.3 Å². The molecule has 0 bridgehead atoms. The lowest BCUT2D eigenvalue weighted by molar-refractivity contribution is -0.0882. The first-order chi connectivity index (χ1) is 8.91. The van der Waals surface area contributed by atoms with Gasteiger partial charge in [-0.05, 0) is 32.4 Å². The normalized spacial score (nSPS) is 19.4. The summed E-state index contributed by atoms with van der Waals surface area (Å²) in [7, 11) is 0. The van der Waals surface area contributed by atoms with E-state index in [1.807, 2.05) is 13.0 Å². The zero-order valence-electron chi connectivity index (χ0n) is 11.7. The Kier molecular flexibility index (Phi) is 4.25. The highest BCUT2D eigenvalue weighted by Gasteiger charge is 2.27. The summed E-state index contributed by atoms with van der Waals surface area (Å²) < 4.78 is 5.70. The van der Waals surface area contributed by atoms with E-state index in [1.165, 1.54) is 21.8 Å². The third kappa shape index (κ3) is 3.54. The van der Waals surface area contributed by atoms with Crippen LogP contribution >= 0.6 is 11.3 Å². The van der Waals surface area contributed by atoms with E-state index in [4.69, 9.17) is 10.6 Å². The number of nitrogens with zero attached hydrogens (tertiary/aromatic N) is 1. The SMILES string of the molecule is Cc1sc(C(=O)NN)cc1CN1CCOC(C)(C)C1. The Balaban J connectivity index is 2.07. The first-order valence-corrected chi connectivity index (χ1v) is 7.19. The van der Waals surface area contributed by atoms with Crippen LogP contribution in [0.2, 0.25) is 0 Å². The zero-order valence-corrected chi connectivity index (χ0v) is 12.5. The molecule has 0 aliphatic carbocycles. The molecule has 1 aliphatic heterocycles. The summed E-state index contributed by atoms with van der Waals surface area (Å²) in [6.45, 7) is 9.69. The third-order valence-corrected chi connectivity index (χ3v) is 4.37. The van der Waals surface area contributed by atoms with Gasteiger partial charge in [-0.25, -0.2) is 5.84 Å². The van der Waals surface area contributed by atoms with Gasteiger partial charge in [0.25, 0.3) is 5.91 Å². The summed E-state index contributed by atoms with van der Waals surface area (Å²) in [6, 6.07) is 1.94. The highest BCUT2D eigenvalue weighted by atomic mass is 32.1.